The molecule has 6 heteroatoms. The molecule has 1 aliphatic heterocycles. The summed E-state index contributed by atoms with van der Waals surface area (Å²) in [5.74, 6) is 0. The molecule has 0 spiro atoms. The standard InChI is InChI=1S/C15H24N2O3S/c1-4-14-10-13(8-9-20-14)16-12-6-5-7-15(11-12)21(18,19)17(2)3/h5-7,11,13-14,16H,4,8-10H2,1-3H3. The first-order valence-electron chi connectivity index (χ1n) is 7.34. The van der Waals surface area contributed by atoms with E-state index in [9.17, 15) is 8.42 Å². The second-order valence-corrected chi connectivity index (χ2v) is 7.73. The first-order valence-corrected chi connectivity index (χ1v) is 8.78. The van der Waals surface area contributed by atoms with E-state index in [1.807, 2.05) is 6.07 Å². The van der Waals surface area contributed by atoms with Crippen LogP contribution in [0.1, 0.15) is 26.2 Å². The van der Waals surface area contributed by atoms with Crippen molar-refractivity contribution in [3.05, 3.63) is 24.3 Å². The molecular formula is C15H24N2O3S. The average Bonchev–Trinajstić information content (AvgIpc) is 2.47. The summed E-state index contributed by atoms with van der Waals surface area (Å²) in [7, 11) is -0.304. The number of nitrogens with zero attached hydrogens (tertiary/aromatic N) is 1. The highest BCUT2D eigenvalue weighted by Crippen LogP contribution is 2.23. The number of hydrogen-bond donors (Lipinski definition) is 1. The van der Waals surface area contributed by atoms with Crippen LogP contribution in [0, 0.1) is 0 Å². The molecule has 0 saturated carbocycles. The summed E-state index contributed by atoms with van der Waals surface area (Å²) in [4.78, 5) is 0.316. The molecule has 5 nitrogen and oxygen atoms in total. The highest BCUT2D eigenvalue weighted by Gasteiger charge is 2.22. The van der Waals surface area contributed by atoms with Crippen molar-refractivity contribution in [2.75, 3.05) is 26.0 Å². The molecule has 1 heterocycles. The minimum atomic E-state index is -3.39. The Morgan fingerprint density at radius 1 is 1.38 bits per heavy atom. The number of ether oxygens (including phenoxy) is 1. The van der Waals surface area contributed by atoms with Crippen LogP contribution in [0.4, 0.5) is 5.69 Å². The Morgan fingerprint density at radius 2 is 2.14 bits per heavy atom. The maximum Gasteiger partial charge on any atom is 0.242 e. The van der Waals surface area contributed by atoms with Crippen LogP contribution in [0.5, 0.6) is 0 Å². The monoisotopic (exact) mass is 312 g/mol. The lowest BCUT2D eigenvalue weighted by atomic mass is 10.0. The second kappa shape index (κ2) is 6.77. The van der Waals surface area contributed by atoms with Crippen LogP contribution in [-0.2, 0) is 14.8 Å². The molecule has 1 saturated heterocycles. The summed E-state index contributed by atoms with van der Waals surface area (Å²) in [6.07, 6.45) is 3.21. The fraction of sp³-hybridized carbons (Fsp3) is 0.600. The zero-order chi connectivity index (χ0) is 15.5. The van der Waals surface area contributed by atoms with E-state index in [0.29, 0.717) is 17.0 Å². The normalized spacial score (nSPS) is 23.2. The number of rotatable bonds is 5. The lowest BCUT2D eigenvalue weighted by Crippen LogP contribution is -2.33. The van der Waals surface area contributed by atoms with Crippen molar-refractivity contribution in [1.82, 2.24) is 4.31 Å². The Labute approximate surface area is 127 Å². The van der Waals surface area contributed by atoms with Crippen molar-refractivity contribution in [3.8, 4) is 0 Å². The van der Waals surface area contributed by atoms with Crippen molar-refractivity contribution < 1.29 is 13.2 Å². The van der Waals surface area contributed by atoms with Gasteiger partial charge < -0.3 is 10.1 Å². The Hall–Kier alpha value is -1.11. The van der Waals surface area contributed by atoms with Gasteiger partial charge in [-0.15, -0.1) is 0 Å². The van der Waals surface area contributed by atoms with Crippen LogP contribution in [-0.4, -0.2) is 45.6 Å². The zero-order valence-corrected chi connectivity index (χ0v) is 13.7. The lowest BCUT2D eigenvalue weighted by molar-refractivity contribution is 0.00925. The number of hydrogen-bond acceptors (Lipinski definition) is 4. The molecule has 1 aliphatic rings. The Morgan fingerprint density at radius 3 is 2.81 bits per heavy atom. The summed E-state index contributed by atoms with van der Waals surface area (Å²) in [6, 6.07) is 7.34. The van der Waals surface area contributed by atoms with Crippen LogP contribution < -0.4 is 5.32 Å². The first kappa shape index (κ1) is 16.3. The van der Waals surface area contributed by atoms with Gasteiger partial charge >= 0.3 is 0 Å². The van der Waals surface area contributed by atoms with Gasteiger partial charge in [0.15, 0.2) is 0 Å². The van der Waals surface area contributed by atoms with Gasteiger partial charge in [0.1, 0.15) is 0 Å². The maximum atomic E-state index is 12.2. The predicted octanol–water partition coefficient (Wildman–Crippen LogP) is 2.31. The number of benzene rings is 1. The number of sulfonamides is 1. The SMILES string of the molecule is CCC1CC(Nc2cccc(S(=O)(=O)N(C)C)c2)CCO1. The van der Waals surface area contributed by atoms with Gasteiger partial charge in [-0.2, -0.15) is 0 Å². The van der Waals surface area contributed by atoms with Gasteiger partial charge in [-0.25, -0.2) is 12.7 Å². The van der Waals surface area contributed by atoms with Gasteiger partial charge in [0.25, 0.3) is 0 Å². The van der Waals surface area contributed by atoms with Gasteiger partial charge in [-0.1, -0.05) is 13.0 Å². The van der Waals surface area contributed by atoms with E-state index >= 15 is 0 Å². The van der Waals surface area contributed by atoms with Crippen molar-refractivity contribution in [2.45, 2.75) is 43.2 Å². The average molecular weight is 312 g/mol. The molecular weight excluding hydrogens is 288 g/mol. The summed E-state index contributed by atoms with van der Waals surface area (Å²) >= 11 is 0. The van der Waals surface area contributed by atoms with Gasteiger partial charge in [0.05, 0.1) is 11.0 Å². The van der Waals surface area contributed by atoms with Crippen LogP contribution in [0.25, 0.3) is 0 Å². The number of nitrogens with one attached hydrogen (secondary N) is 1. The van der Waals surface area contributed by atoms with Crippen molar-refractivity contribution >= 4 is 15.7 Å². The minimum Gasteiger partial charge on any atom is -0.382 e. The highest BCUT2D eigenvalue weighted by molar-refractivity contribution is 7.89. The Balaban J connectivity index is 2.11. The third-order valence-corrected chi connectivity index (χ3v) is 5.62. The van der Waals surface area contributed by atoms with Crippen LogP contribution in [0.15, 0.2) is 29.2 Å². The molecule has 118 valence electrons. The summed E-state index contributed by atoms with van der Waals surface area (Å²) < 4.78 is 31.2. The third kappa shape index (κ3) is 3.96. The molecule has 0 amide bonds. The second-order valence-electron chi connectivity index (χ2n) is 5.58. The highest BCUT2D eigenvalue weighted by atomic mass is 32.2. The predicted molar refractivity (Wildman–Crippen MR) is 84.0 cm³/mol. The van der Waals surface area contributed by atoms with E-state index in [2.05, 4.69) is 12.2 Å². The fourth-order valence-corrected chi connectivity index (χ4v) is 3.44. The summed E-state index contributed by atoms with van der Waals surface area (Å²) in [6.45, 7) is 2.88. The molecule has 0 aliphatic carbocycles. The molecule has 0 aromatic heterocycles. The van der Waals surface area contributed by atoms with Crippen LogP contribution in [0.2, 0.25) is 0 Å². The van der Waals surface area contributed by atoms with Crippen LogP contribution >= 0.6 is 0 Å². The van der Waals surface area contributed by atoms with E-state index < -0.39 is 10.0 Å². The van der Waals surface area contributed by atoms with Crippen molar-refractivity contribution in [1.29, 1.82) is 0 Å². The van der Waals surface area contributed by atoms with E-state index in [-0.39, 0.29) is 0 Å². The molecule has 2 unspecified atom stereocenters. The topological polar surface area (TPSA) is 58.6 Å². The third-order valence-electron chi connectivity index (χ3n) is 3.81. The van der Waals surface area contributed by atoms with Crippen molar-refractivity contribution in [2.24, 2.45) is 0 Å². The smallest absolute Gasteiger partial charge is 0.242 e. The first-order chi connectivity index (χ1) is 9.93. The quantitative estimate of drug-likeness (QED) is 0.906. The van der Waals surface area contributed by atoms with Gasteiger partial charge in [0, 0.05) is 32.4 Å². The largest absolute Gasteiger partial charge is 0.382 e. The van der Waals surface area contributed by atoms with E-state index in [1.54, 1.807) is 32.3 Å². The molecule has 2 atom stereocenters. The van der Waals surface area contributed by atoms with Gasteiger partial charge in [-0.05, 0) is 37.5 Å². The summed E-state index contributed by atoms with van der Waals surface area (Å²) in [5, 5.41) is 3.43. The fourth-order valence-electron chi connectivity index (χ4n) is 2.49. The maximum absolute atomic E-state index is 12.2. The Kier molecular flexibility index (Phi) is 5.24. The van der Waals surface area contributed by atoms with Gasteiger partial charge in [0.2, 0.25) is 10.0 Å². The minimum absolute atomic E-state index is 0.296. The van der Waals surface area contributed by atoms with E-state index in [4.69, 9.17) is 4.74 Å². The molecule has 21 heavy (non-hydrogen) atoms. The molecule has 0 bridgehead atoms. The number of anilines is 1. The molecule has 1 aromatic carbocycles. The summed E-state index contributed by atoms with van der Waals surface area (Å²) in [5.41, 5.74) is 0.847. The van der Waals surface area contributed by atoms with E-state index in [0.717, 1.165) is 31.6 Å². The van der Waals surface area contributed by atoms with Gasteiger partial charge in [-0.3, -0.25) is 0 Å². The van der Waals surface area contributed by atoms with Crippen molar-refractivity contribution in [3.63, 3.8) is 0 Å². The molecule has 1 N–H and O–H groups in total. The molecule has 1 fully saturated rings. The zero-order valence-electron chi connectivity index (χ0n) is 12.9. The molecule has 0 radical (unpaired) electrons. The molecule has 2 rings (SSSR count). The Bertz CT molecular complexity index is 572. The van der Waals surface area contributed by atoms with Crippen LogP contribution in [0.3, 0.4) is 0 Å². The lowest BCUT2D eigenvalue weighted by Gasteiger charge is -2.30. The van der Waals surface area contributed by atoms with E-state index in [1.165, 1.54) is 4.31 Å². The molecule has 1 aromatic rings.